The molecule has 3 saturated carbocycles. The van der Waals surface area contributed by atoms with Crippen LogP contribution in [0.2, 0.25) is 0 Å². The second kappa shape index (κ2) is 5.02. The Morgan fingerprint density at radius 3 is 2.74 bits per heavy atom. The molecule has 0 spiro atoms. The highest BCUT2D eigenvalue weighted by atomic mass is 16.3. The van der Waals surface area contributed by atoms with E-state index in [0.717, 1.165) is 25.5 Å². The lowest BCUT2D eigenvalue weighted by molar-refractivity contribution is -0.124. The average molecular weight is 316 g/mol. The first-order valence-corrected chi connectivity index (χ1v) is 9.27. The normalized spacial score (nSPS) is 52.2. The Bertz CT molecular complexity index is 579. The molecular formula is C20H28O3. The van der Waals surface area contributed by atoms with E-state index in [4.69, 9.17) is 0 Å². The molecule has 0 radical (unpaired) electrons. The van der Waals surface area contributed by atoms with E-state index in [-0.39, 0.29) is 17.3 Å². The van der Waals surface area contributed by atoms with Crippen LogP contribution in [0, 0.1) is 34.5 Å². The Balaban J connectivity index is 1.71. The summed E-state index contributed by atoms with van der Waals surface area (Å²) in [5.74, 6) is 2.26. The van der Waals surface area contributed by atoms with Gasteiger partial charge in [-0.3, -0.25) is 9.59 Å². The van der Waals surface area contributed by atoms with Gasteiger partial charge in [0.1, 0.15) is 0 Å². The SMILES string of the molecule is C[C@]12CC[C@@H]3[C@@H](CCC4CC(=O)C(C=O)=C[C@@]43C)[C@@H]1CC(O)C2. The van der Waals surface area contributed by atoms with Gasteiger partial charge in [0.05, 0.1) is 11.7 Å². The van der Waals surface area contributed by atoms with E-state index >= 15 is 0 Å². The highest BCUT2D eigenvalue weighted by Crippen LogP contribution is 2.65. The van der Waals surface area contributed by atoms with Crippen LogP contribution in [0.5, 0.6) is 0 Å². The van der Waals surface area contributed by atoms with Crippen LogP contribution < -0.4 is 0 Å². The van der Waals surface area contributed by atoms with Crippen LogP contribution in [0.15, 0.2) is 11.6 Å². The van der Waals surface area contributed by atoms with Gasteiger partial charge in [-0.25, -0.2) is 0 Å². The minimum absolute atomic E-state index is 0.0120. The average Bonchev–Trinajstić information content (AvgIpc) is 2.81. The van der Waals surface area contributed by atoms with Crippen molar-refractivity contribution in [2.75, 3.05) is 0 Å². The van der Waals surface area contributed by atoms with Crippen molar-refractivity contribution in [3.8, 4) is 0 Å². The molecule has 0 saturated heterocycles. The number of fused-ring (bicyclic) bond motifs is 5. The number of carbonyl (C=O) groups excluding carboxylic acids is 2. The zero-order valence-electron chi connectivity index (χ0n) is 14.3. The molecule has 2 unspecified atom stereocenters. The molecule has 0 aliphatic heterocycles. The van der Waals surface area contributed by atoms with Crippen molar-refractivity contribution >= 4 is 12.1 Å². The minimum atomic E-state index is -0.136. The monoisotopic (exact) mass is 316 g/mol. The molecular weight excluding hydrogens is 288 g/mol. The Labute approximate surface area is 138 Å². The van der Waals surface area contributed by atoms with Crippen molar-refractivity contribution < 1.29 is 14.7 Å². The molecule has 126 valence electrons. The van der Waals surface area contributed by atoms with Gasteiger partial charge < -0.3 is 5.11 Å². The summed E-state index contributed by atoms with van der Waals surface area (Å²) >= 11 is 0. The number of aliphatic hydroxyl groups excluding tert-OH is 1. The topological polar surface area (TPSA) is 54.4 Å². The fraction of sp³-hybridized carbons (Fsp3) is 0.800. The quantitative estimate of drug-likeness (QED) is 0.596. The van der Waals surface area contributed by atoms with Crippen molar-refractivity contribution in [2.24, 2.45) is 34.5 Å². The van der Waals surface area contributed by atoms with Crippen LogP contribution in [0.1, 0.15) is 58.8 Å². The molecule has 0 aromatic heterocycles. The van der Waals surface area contributed by atoms with E-state index in [9.17, 15) is 14.7 Å². The number of Topliss-reactive ketones (excluding diaryl/α,β-unsaturated/α-hetero) is 1. The molecule has 23 heavy (non-hydrogen) atoms. The standard InChI is InChI=1S/C20H28O3/c1-19-6-5-16-15(17(19)8-14(22)10-19)4-3-13-7-18(23)12(11-21)9-20(13,16)2/h9,11,13-17,22H,3-8,10H2,1-2H3/t13?,14?,15-,16-,17+,19-,20+/m1/s1. The third-order valence-electron chi connectivity index (χ3n) is 8.06. The second-order valence-electron chi connectivity index (χ2n) is 9.15. The van der Waals surface area contributed by atoms with Gasteiger partial charge in [0, 0.05) is 6.42 Å². The maximum absolute atomic E-state index is 12.1. The molecule has 4 aliphatic rings. The predicted octanol–water partition coefficient (Wildman–Crippen LogP) is 3.30. The van der Waals surface area contributed by atoms with Gasteiger partial charge in [0.15, 0.2) is 12.1 Å². The zero-order chi connectivity index (χ0) is 16.4. The number of hydrogen-bond acceptors (Lipinski definition) is 3. The van der Waals surface area contributed by atoms with E-state index in [1.54, 1.807) is 0 Å². The van der Waals surface area contributed by atoms with Gasteiger partial charge in [-0.1, -0.05) is 19.9 Å². The number of aliphatic hydroxyl groups is 1. The summed E-state index contributed by atoms with van der Waals surface area (Å²) < 4.78 is 0. The van der Waals surface area contributed by atoms with Gasteiger partial charge in [-0.15, -0.1) is 0 Å². The maximum atomic E-state index is 12.1. The highest BCUT2D eigenvalue weighted by molar-refractivity contribution is 6.12. The molecule has 0 bridgehead atoms. The van der Waals surface area contributed by atoms with Crippen LogP contribution in [0.3, 0.4) is 0 Å². The summed E-state index contributed by atoms with van der Waals surface area (Å²) in [6.07, 6.45) is 9.74. The number of hydrogen-bond donors (Lipinski definition) is 1. The number of ketones is 1. The number of rotatable bonds is 1. The van der Waals surface area contributed by atoms with E-state index in [1.807, 2.05) is 6.08 Å². The zero-order valence-corrected chi connectivity index (χ0v) is 14.3. The lowest BCUT2D eigenvalue weighted by atomic mass is 9.46. The van der Waals surface area contributed by atoms with Crippen molar-refractivity contribution in [1.82, 2.24) is 0 Å². The van der Waals surface area contributed by atoms with E-state index in [2.05, 4.69) is 13.8 Å². The summed E-state index contributed by atoms with van der Waals surface area (Å²) in [6, 6.07) is 0. The van der Waals surface area contributed by atoms with Crippen molar-refractivity contribution in [1.29, 1.82) is 0 Å². The lowest BCUT2D eigenvalue weighted by Crippen LogP contribution is -2.52. The van der Waals surface area contributed by atoms with Gasteiger partial charge >= 0.3 is 0 Å². The van der Waals surface area contributed by atoms with Gasteiger partial charge in [0.25, 0.3) is 0 Å². The van der Waals surface area contributed by atoms with Gasteiger partial charge in [0.2, 0.25) is 0 Å². The van der Waals surface area contributed by atoms with Crippen LogP contribution in [-0.2, 0) is 9.59 Å². The highest BCUT2D eigenvalue weighted by Gasteiger charge is 2.58. The number of allylic oxidation sites excluding steroid dienone is 2. The third kappa shape index (κ3) is 2.12. The van der Waals surface area contributed by atoms with Crippen LogP contribution >= 0.6 is 0 Å². The van der Waals surface area contributed by atoms with Gasteiger partial charge in [-0.05, 0) is 73.0 Å². The summed E-state index contributed by atoms with van der Waals surface area (Å²) in [5.41, 5.74) is 0.692. The summed E-state index contributed by atoms with van der Waals surface area (Å²) in [5, 5.41) is 10.2. The minimum Gasteiger partial charge on any atom is -0.393 e. The molecule has 1 N–H and O–H groups in total. The van der Waals surface area contributed by atoms with Crippen molar-refractivity contribution in [3.05, 3.63) is 11.6 Å². The fourth-order valence-corrected chi connectivity index (χ4v) is 6.90. The molecule has 3 heteroatoms. The first-order valence-electron chi connectivity index (χ1n) is 9.27. The summed E-state index contributed by atoms with van der Waals surface area (Å²) in [7, 11) is 0. The van der Waals surface area contributed by atoms with E-state index in [0.29, 0.717) is 41.1 Å². The van der Waals surface area contributed by atoms with Crippen LogP contribution in [0.4, 0.5) is 0 Å². The number of aldehydes is 1. The Morgan fingerprint density at radius 1 is 1.22 bits per heavy atom. The lowest BCUT2D eigenvalue weighted by Gasteiger charge is -2.58. The molecule has 0 aromatic carbocycles. The Morgan fingerprint density at radius 2 is 2.00 bits per heavy atom. The second-order valence-corrected chi connectivity index (χ2v) is 9.15. The van der Waals surface area contributed by atoms with E-state index in [1.165, 1.54) is 19.3 Å². The van der Waals surface area contributed by atoms with Crippen molar-refractivity contribution in [2.45, 2.75) is 64.9 Å². The summed E-state index contributed by atoms with van der Waals surface area (Å²) in [6.45, 7) is 4.66. The fourth-order valence-electron chi connectivity index (χ4n) is 6.90. The van der Waals surface area contributed by atoms with Crippen molar-refractivity contribution in [3.63, 3.8) is 0 Å². The Hall–Kier alpha value is -0.960. The maximum Gasteiger partial charge on any atom is 0.166 e. The van der Waals surface area contributed by atoms with Crippen LogP contribution in [-0.4, -0.2) is 23.3 Å². The first kappa shape index (κ1) is 15.6. The Kier molecular flexibility index (Phi) is 3.39. The van der Waals surface area contributed by atoms with Crippen LogP contribution in [0.25, 0.3) is 0 Å². The van der Waals surface area contributed by atoms with E-state index < -0.39 is 0 Å². The smallest absolute Gasteiger partial charge is 0.166 e. The first-order chi connectivity index (χ1) is 10.9. The molecule has 0 heterocycles. The largest absolute Gasteiger partial charge is 0.393 e. The molecule has 7 atom stereocenters. The molecule has 4 rings (SSSR count). The summed E-state index contributed by atoms with van der Waals surface area (Å²) in [4.78, 5) is 23.4. The molecule has 3 fully saturated rings. The molecule has 3 nitrogen and oxygen atoms in total. The van der Waals surface area contributed by atoms with Gasteiger partial charge in [-0.2, -0.15) is 0 Å². The molecule has 0 aromatic rings. The predicted molar refractivity (Wildman–Crippen MR) is 87.7 cm³/mol. The number of carbonyl (C=O) groups is 2. The third-order valence-corrected chi connectivity index (χ3v) is 8.06. The molecule has 4 aliphatic carbocycles. The molecule has 0 amide bonds.